The molecule has 31 heavy (non-hydrogen) atoms. The van der Waals surface area contributed by atoms with Crippen LogP contribution in [0.25, 0.3) is 16.9 Å². The Bertz CT molecular complexity index is 1130. The van der Waals surface area contributed by atoms with Gasteiger partial charge in [0.05, 0.1) is 17.6 Å². The highest BCUT2D eigenvalue weighted by atomic mass is 35.5. The Morgan fingerprint density at radius 3 is 2.42 bits per heavy atom. The van der Waals surface area contributed by atoms with Crippen LogP contribution in [-0.4, -0.2) is 54.3 Å². The second-order valence-electron chi connectivity index (χ2n) is 7.03. The van der Waals surface area contributed by atoms with Gasteiger partial charge in [-0.25, -0.2) is 17.4 Å². The molecule has 0 aliphatic rings. The first-order chi connectivity index (χ1) is 14.8. The van der Waals surface area contributed by atoms with Gasteiger partial charge in [-0.15, -0.1) is 0 Å². The van der Waals surface area contributed by atoms with E-state index in [1.54, 1.807) is 29.8 Å². The number of carbonyl (C=O) groups is 1. The van der Waals surface area contributed by atoms with Crippen LogP contribution in [0.1, 0.15) is 23.8 Å². The molecular formula is C22H25ClN4O3S. The number of carbonyl (C=O) groups excluding carboxylic acids is 1. The quantitative estimate of drug-likeness (QED) is 0.494. The Balaban J connectivity index is 1.78. The molecule has 0 fully saturated rings. The lowest BCUT2D eigenvalue weighted by Gasteiger charge is -2.17. The van der Waals surface area contributed by atoms with E-state index < -0.39 is 10.0 Å². The summed E-state index contributed by atoms with van der Waals surface area (Å²) in [6.45, 7) is 2.89. The van der Waals surface area contributed by atoms with Crippen molar-refractivity contribution in [1.29, 1.82) is 0 Å². The van der Waals surface area contributed by atoms with Crippen molar-refractivity contribution < 1.29 is 13.2 Å². The zero-order chi connectivity index (χ0) is 22.4. The van der Waals surface area contributed by atoms with Crippen LogP contribution in [0, 0.1) is 0 Å². The largest absolute Gasteiger partial charge is 0.351 e. The molecule has 9 heteroatoms. The summed E-state index contributed by atoms with van der Waals surface area (Å²) in [6.07, 6.45) is 1.70. The molecule has 0 spiro atoms. The molecule has 1 aromatic heterocycles. The average Bonchev–Trinajstić information content (AvgIpc) is 3.19. The van der Waals surface area contributed by atoms with Gasteiger partial charge in [0, 0.05) is 30.2 Å². The number of nitrogens with zero attached hydrogens (tertiary/aromatic N) is 3. The third-order valence-electron chi connectivity index (χ3n) is 4.77. The van der Waals surface area contributed by atoms with E-state index in [0.29, 0.717) is 42.5 Å². The highest BCUT2D eigenvalue weighted by Crippen LogP contribution is 2.23. The summed E-state index contributed by atoms with van der Waals surface area (Å²) in [7, 11) is -3.24. The minimum atomic E-state index is -3.24. The number of aromatic nitrogens is 2. The fourth-order valence-electron chi connectivity index (χ4n) is 3.18. The van der Waals surface area contributed by atoms with Crippen LogP contribution in [0.5, 0.6) is 0 Å². The maximum Gasteiger partial charge on any atom is 0.270 e. The summed E-state index contributed by atoms with van der Waals surface area (Å²) in [4.78, 5) is 12.9. The van der Waals surface area contributed by atoms with Crippen molar-refractivity contribution in [2.75, 3.05) is 25.9 Å². The number of amides is 1. The molecular weight excluding hydrogens is 436 g/mol. The summed E-state index contributed by atoms with van der Waals surface area (Å²) < 4.78 is 26.4. The molecule has 7 nitrogen and oxygen atoms in total. The minimum absolute atomic E-state index is 0.279. The van der Waals surface area contributed by atoms with Crippen molar-refractivity contribution in [3.63, 3.8) is 0 Å². The summed E-state index contributed by atoms with van der Waals surface area (Å²) in [5.41, 5.74) is 2.66. The lowest BCUT2D eigenvalue weighted by Crippen LogP contribution is -2.34. The van der Waals surface area contributed by atoms with Gasteiger partial charge in [-0.1, -0.05) is 48.9 Å². The molecule has 164 valence electrons. The molecule has 0 saturated carbocycles. The Labute approximate surface area is 187 Å². The molecule has 0 unspecified atom stereocenters. The first kappa shape index (κ1) is 23.0. The Kier molecular flexibility index (Phi) is 7.48. The number of sulfonamides is 1. The molecule has 0 radical (unpaired) electrons. The van der Waals surface area contributed by atoms with E-state index >= 15 is 0 Å². The SMILES string of the molecule is CCN(CCCNC(=O)c1cc(-c2ccc(Cl)cc2)nn1-c1ccccc1)S(C)(=O)=O. The fourth-order valence-corrected chi connectivity index (χ4v) is 4.23. The van der Waals surface area contributed by atoms with E-state index in [0.717, 1.165) is 11.3 Å². The molecule has 0 aliphatic carbocycles. The van der Waals surface area contributed by atoms with E-state index in [-0.39, 0.29) is 5.91 Å². The van der Waals surface area contributed by atoms with E-state index in [9.17, 15) is 13.2 Å². The Morgan fingerprint density at radius 1 is 1.13 bits per heavy atom. The van der Waals surface area contributed by atoms with Gasteiger partial charge >= 0.3 is 0 Å². The molecule has 0 saturated heterocycles. The van der Waals surface area contributed by atoms with Crippen LogP contribution in [0.15, 0.2) is 60.7 Å². The topological polar surface area (TPSA) is 84.3 Å². The summed E-state index contributed by atoms with van der Waals surface area (Å²) >= 11 is 5.98. The standard InChI is InChI=1S/C22H25ClN4O3S/c1-3-26(31(2,29)30)15-7-14-24-22(28)21-16-20(17-10-12-18(23)13-11-17)25-27(21)19-8-5-4-6-9-19/h4-6,8-13,16H,3,7,14-15H2,1-2H3,(H,24,28). The van der Waals surface area contributed by atoms with Crippen LogP contribution < -0.4 is 5.32 Å². The molecule has 2 aromatic carbocycles. The second kappa shape index (κ2) is 10.1. The van der Waals surface area contributed by atoms with Gasteiger partial charge in [-0.2, -0.15) is 5.10 Å². The smallest absolute Gasteiger partial charge is 0.270 e. The van der Waals surface area contributed by atoms with Gasteiger partial charge in [-0.3, -0.25) is 4.79 Å². The van der Waals surface area contributed by atoms with Gasteiger partial charge in [0.1, 0.15) is 5.69 Å². The molecule has 1 N–H and O–H groups in total. The maximum absolute atomic E-state index is 12.9. The first-order valence-electron chi connectivity index (χ1n) is 9.94. The van der Waals surface area contributed by atoms with Gasteiger partial charge in [-0.05, 0) is 36.8 Å². The summed E-state index contributed by atoms with van der Waals surface area (Å²) in [5, 5.41) is 8.12. The number of halogens is 1. The van der Waals surface area contributed by atoms with E-state index in [2.05, 4.69) is 10.4 Å². The number of hydrogen-bond acceptors (Lipinski definition) is 4. The van der Waals surface area contributed by atoms with Gasteiger partial charge in [0.2, 0.25) is 10.0 Å². The lowest BCUT2D eigenvalue weighted by molar-refractivity contribution is 0.0945. The van der Waals surface area contributed by atoms with E-state index in [1.807, 2.05) is 42.5 Å². The van der Waals surface area contributed by atoms with Crippen molar-refractivity contribution in [2.45, 2.75) is 13.3 Å². The van der Waals surface area contributed by atoms with Crippen LogP contribution in [0.2, 0.25) is 5.02 Å². The normalized spacial score (nSPS) is 11.6. The Morgan fingerprint density at radius 2 is 1.81 bits per heavy atom. The molecule has 0 atom stereocenters. The summed E-state index contributed by atoms with van der Waals surface area (Å²) in [5.74, 6) is -0.279. The molecule has 0 bridgehead atoms. The molecule has 1 amide bonds. The highest BCUT2D eigenvalue weighted by molar-refractivity contribution is 7.88. The number of hydrogen-bond donors (Lipinski definition) is 1. The van der Waals surface area contributed by atoms with Crippen molar-refractivity contribution >= 4 is 27.5 Å². The first-order valence-corrected chi connectivity index (χ1v) is 12.2. The van der Waals surface area contributed by atoms with Gasteiger partial charge < -0.3 is 5.32 Å². The highest BCUT2D eigenvalue weighted by Gasteiger charge is 2.18. The minimum Gasteiger partial charge on any atom is -0.351 e. The number of benzene rings is 2. The van der Waals surface area contributed by atoms with Crippen molar-refractivity contribution in [2.24, 2.45) is 0 Å². The van der Waals surface area contributed by atoms with E-state index in [4.69, 9.17) is 11.6 Å². The molecule has 1 heterocycles. The zero-order valence-corrected chi connectivity index (χ0v) is 19.0. The van der Waals surface area contributed by atoms with Crippen molar-refractivity contribution in [3.8, 4) is 16.9 Å². The third-order valence-corrected chi connectivity index (χ3v) is 6.41. The predicted molar refractivity (Wildman–Crippen MR) is 123 cm³/mol. The zero-order valence-electron chi connectivity index (χ0n) is 17.5. The van der Waals surface area contributed by atoms with Gasteiger partial charge in [0.25, 0.3) is 5.91 Å². The fraction of sp³-hybridized carbons (Fsp3) is 0.273. The average molecular weight is 461 g/mol. The van der Waals surface area contributed by atoms with Crippen LogP contribution in [-0.2, 0) is 10.0 Å². The second-order valence-corrected chi connectivity index (χ2v) is 9.45. The van der Waals surface area contributed by atoms with Crippen LogP contribution in [0.3, 0.4) is 0 Å². The number of nitrogens with one attached hydrogen (secondary N) is 1. The maximum atomic E-state index is 12.9. The number of para-hydroxylation sites is 1. The monoisotopic (exact) mass is 460 g/mol. The lowest BCUT2D eigenvalue weighted by atomic mass is 10.1. The predicted octanol–water partition coefficient (Wildman–Crippen LogP) is 3.59. The summed E-state index contributed by atoms with van der Waals surface area (Å²) in [6, 6.07) is 18.4. The Hall–Kier alpha value is -2.68. The van der Waals surface area contributed by atoms with E-state index in [1.165, 1.54) is 10.6 Å². The molecule has 3 aromatic rings. The van der Waals surface area contributed by atoms with Crippen molar-refractivity contribution in [1.82, 2.24) is 19.4 Å². The number of rotatable bonds is 9. The van der Waals surface area contributed by atoms with Crippen molar-refractivity contribution in [3.05, 3.63) is 71.4 Å². The van der Waals surface area contributed by atoms with Gasteiger partial charge in [0.15, 0.2) is 0 Å². The third kappa shape index (κ3) is 5.94. The molecule has 0 aliphatic heterocycles. The van der Waals surface area contributed by atoms with Crippen LogP contribution in [0.4, 0.5) is 0 Å². The molecule has 3 rings (SSSR count). The van der Waals surface area contributed by atoms with Crippen LogP contribution >= 0.6 is 11.6 Å².